The second kappa shape index (κ2) is 9.47. The number of carbonyl (C=O) groups is 2. The average Bonchev–Trinajstić information content (AvgIpc) is 2.74. The molecule has 7 nitrogen and oxygen atoms in total. The molecule has 0 fully saturated rings. The fourth-order valence-corrected chi connectivity index (χ4v) is 3.72. The van der Waals surface area contributed by atoms with Gasteiger partial charge in [0.2, 0.25) is 5.56 Å². The Bertz CT molecular complexity index is 1180. The number of nitrogens with zero attached hydrogens (tertiary/aromatic N) is 1. The second-order valence-corrected chi connectivity index (χ2v) is 7.55. The summed E-state index contributed by atoms with van der Waals surface area (Å²) in [6.45, 7) is 6.69. The molecule has 2 N–H and O–H groups in total. The molecule has 0 bridgehead atoms. The van der Waals surface area contributed by atoms with Crippen molar-refractivity contribution in [3.63, 3.8) is 0 Å². The Hall–Kier alpha value is -3.61. The van der Waals surface area contributed by atoms with E-state index in [4.69, 9.17) is 4.74 Å². The topological polar surface area (TPSA) is 91.5 Å². The van der Waals surface area contributed by atoms with E-state index in [-0.39, 0.29) is 23.7 Å². The van der Waals surface area contributed by atoms with Crippen molar-refractivity contribution in [1.29, 1.82) is 0 Å². The van der Waals surface area contributed by atoms with Crippen LogP contribution in [0.3, 0.4) is 0 Å². The van der Waals surface area contributed by atoms with Crippen LogP contribution in [-0.4, -0.2) is 35.5 Å². The Balaban J connectivity index is 1.95. The van der Waals surface area contributed by atoms with Gasteiger partial charge in [-0.2, -0.15) is 0 Å². The first-order chi connectivity index (χ1) is 14.8. The molecule has 3 rings (SSSR count). The Morgan fingerprint density at radius 1 is 1.13 bits per heavy atom. The molecular weight excluding hydrogens is 394 g/mol. The standard InChI is InChI=1S/C24H27N3O4/c1-5-10-27(24(30)25-20-9-7-6-8-18(20)23(29)31-4)14-17-13-21(28)26-22-16(3)11-15(2)12-19(17)22/h6-9,11-13H,5,10,14H2,1-4H3,(H,25,30)(H,26,28). The second-order valence-electron chi connectivity index (χ2n) is 7.55. The van der Waals surface area contributed by atoms with E-state index >= 15 is 0 Å². The maximum absolute atomic E-state index is 13.1. The van der Waals surface area contributed by atoms with Gasteiger partial charge in [-0.3, -0.25) is 4.79 Å². The van der Waals surface area contributed by atoms with Crippen molar-refractivity contribution < 1.29 is 14.3 Å². The summed E-state index contributed by atoms with van der Waals surface area (Å²) >= 11 is 0. The summed E-state index contributed by atoms with van der Waals surface area (Å²) in [7, 11) is 1.30. The number of urea groups is 1. The number of benzene rings is 2. The average molecular weight is 421 g/mol. The number of para-hydroxylation sites is 1. The van der Waals surface area contributed by atoms with Gasteiger partial charge in [-0.1, -0.05) is 30.7 Å². The van der Waals surface area contributed by atoms with Crippen LogP contribution < -0.4 is 10.9 Å². The molecule has 2 amide bonds. The van der Waals surface area contributed by atoms with Crippen LogP contribution in [0.25, 0.3) is 10.9 Å². The number of H-pyrrole nitrogens is 1. The van der Waals surface area contributed by atoms with Gasteiger partial charge >= 0.3 is 12.0 Å². The first kappa shape index (κ1) is 22.1. The molecule has 1 heterocycles. The summed E-state index contributed by atoms with van der Waals surface area (Å²) in [6.07, 6.45) is 0.741. The van der Waals surface area contributed by atoms with E-state index in [9.17, 15) is 14.4 Å². The van der Waals surface area contributed by atoms with Crippen molar-refractivity contribution in [2.24, 2.45) is 0 Å². The molecule has 0 aliphatic rings. The molecule has 0 radical (unpaired) electrons. The zero-order valence-corrected chi connectivity index (χ0v) is 18.2. The van der Waals surface area contributed by atoms with Crippen molar-refractivity contribution in [2.45, 2.75) is 33.7 Å². The number of nitrogens with one attached hydrogen (secondary N) is 2. The monoisotopic (exact) mass is 421 g/mol. The molecule has 0 spiro atoms. The summed E-state index contributed by atoms with van der Waals surface area (Å²) in [4.78, 5) is 41.9. The normalized spacial score (nSPS) is 10.7. The van der Waals surface area contributed by atoms with Crippen LogP contribution in [0.15, 0.2) is 47.3 Å². The van der Waals surface area contributed by atoms with Gasteiger partial charge in [-0.15, -0.1) is 0 Å². The molecule has 1 aromatic heterocycles. The third-order valence-electron chi connectivity index (χ3n) is 5.10. The van der Waals surface area contributed by atoms with Gasteiger partial charge in [-0.05, 0) is 49.6 Å². The maximum atomic E-state index is 13.1. The minimum Gasteiger partial charge on any atom is -0.465 e. The molecular formula is C24H27N3O4. The van der Waals surface area contributed by atoms with E-state index in [1.807, 2.05) is 32.9 Å². The SMILES string of the molecule is CCCN(Cc1cc(=O)[nH]c2c(C)cc(C)cc12)C(=O)Nc1ccccc1C(=O)OC. The van der Waals surface area contributed by atoms with Gasteiger partial charge in [-0.25, -0.2) is 9.59 Å². The summed E-state index contributed by atoms with van der Waals surface area (Å²) in [5.74, 6) is -0.524. The molecule has 7 heteroatoms. The minimum absolute atomic E-state index is 0.206. The zero-order chi connectivity index (χ0) is 22.5. The molecule has 0 unspecified atom stereocenters. The number of ether oxygens (including phenoxy) is 1. The lowest BCUT2D eigenvalue weighted by atomic mass is 10.0. The molecule has 162 valence electrons. The van der Waals surface area contributed by atoms with Gasteiger partial charge in [0.05, 0.1) is 23.9 Å². The van der Waals surface area contributed by atoms with Gasteiger partial charge in [0.1, 0.15) is 0 Å². The number of methoxy groups -OCH3 is 1. The quantitative estimate of drug-likeness (QED) is 0.578. The fourth-order valence-electron chi connectivity index (χ4n) is 3.72. The molecule has 0 aliphatic heterocycles. The number of hydrogen-bond acceptors (Lipinski definition) is 4. The van der Waals surface area contributed by atoms with Crippen molar-refractivity contribution in [2.75, 3.05) is 19.0 Å². The number of fused-ring (bicyclic) bond motifs is 1. The highest BCUT2D eigenvalue weighted by Gasteiger charge is 2.19. The van der Waals surface area contributed by atoms with E-state index < -0.39 is 5.97 Å². The predicted octanol–water partition coefficient (Wildman–Crippen LogP) is 4.38. The molecule has 0 saturated carbocycles. The van der Waals surface area contributed by atoms with Crippen molar-refractivity contribution >= 4 is 28.6 Å². The number of esters is 1. The molecule has 0 saturated heterocycles. The maximum Gasteiger partial charge on any atom is 0.339 e. The molecule has 0 aliphatic carbocycles. The summed E-state index contributed by atoms with van der Waals surface area (Å²) < 4.78 is 4.80. The number of hydrogen-bond donors (Lipinski definition) is 2. The van der Waals surface area contributed by atoms with Gasteiger partial charge in [0, 0.05) is 24.5 Å². The van der Waals surface area contributed by atoms with Crippen LogP contribution in [0.2, 0.25) is 0 Å². The molecule has 31 heavy (non-hydrogen) atoms. The first-order valence-corrected chi connectivity index (χ1v) is 10.2. The van der Waals surface area contributed by atoms with Gasteiger partial charge < -0.3 is 19.9 Å². The number of rotatable bonds is 6. The number of anilines is 1. The van der Waals surface area contributed by atoms with Crippen molar-refractivity contribution in [1.82, 2.24) is 9.88 Å². The number of carbonyl (C=O) groups excluding carboxylic acids is 2. The number of pyridine rings is 1. The van der Waals surface area contributed by atoms with Gasteiger partial charge in [0.25, 0.3) is 0 Å². The minimum atomic E-state index is -0.524. The molecule has 0 atom stereocenters. The van der Waals surface area contributed by atoms with Gasteiger partial charge in [0.15, 0.2) is 0 Å². The van der Waals surface area contributed by atoms with E-state index in [1.54, 1.807) is 35.2 Å². The van der Waals surface area contributed by atoms with E-state index in [0.717, 1.165) is 34.0 Å². The van der Waals surface area contributed by atoms with Crippen LogP contribution in [-0.2, 0) is 11.3 Å². The Kier molecular flexibility index (Phi) is 6.74. The number of amides is 2. The van der Waals surface area contributed by atoms with Crippen LogP contribution in [0.1, 0.15) is 40.4 Å². The fraction of sp³-hybridized carbons (Fsp3) is 0.292. The first-order valence-electron chi connectivity index (χ1n) is 10.2. The van der Waals surface area contributed by atoms with Crippen molar-refractivity contribution in [3.8, 4) is 0 Å². The highest BCUT2D eigenvalue weighted by molar-refractivity contribution is 6.00. The highest BCUT2D eigenvalue weighted by atomic mass is 16.5. The van der Waals surface area contributed by atoms with E-state index in [1.165, 1.54) is 7.11 Å². The number of aromatic amines is 1. The van der Waals surface area contributed by atoms with E-state index in [2.05, 4.69) is 10.3 Å². The highest BCUT2D eigenvalue weighted by Crippen LogP contribution is 2.23. The number of aryl methyl sites for hydroxylation is 2. The predicted molar refractivity (Wildman–Crippen MR) is 122 cm³/mol. The summed E-state index contributed by atoms with van der Waals surface area (Å²) in [6, 6.07) is 11.9. The van der Waals surface area contributed by atoms with Crippen LogP contribution in [0, 0.1) is 13.8 Å². The lowest BCUT2D eigenvalue weighted by Crippen LogP contribution is -2.35. The smallest absolute Gasteiger partial charge is 0.339 e. The summed E-state index contributed by atoms with van der Waals surface area (Å²) in [5.41, 5.74) is 4.06. The third kappa shape index (κ3) is 4.94. The Labute approximate surface area is 181 Å². The third-order valence-corrected chi connectivity index (χ3v) is 5.10. The zero-order valence-electron chi connectivity index (χ0n) is 18.2. The Morgan fingerprint density at radius 3 is 2.58 bits per heavy atom. The van der Waals surface area contributed by atoms with Crippen LogP contribution in [0.4, 0.5) is 10.5 Å². The summed E-state index contributed by atoms with van der Waals surface area (Å²) in [5, 5.41) is 3.73. The van der Waals surface area contributed by atoms with Crippen molar-refractivity contribution in [3.05, 3.63) is 75.1 Å². The molecule has 3 aromatic rings. The van der Waals surface area contributed by atoms with Crippen LogP contribution in [0.5, 0.6) is 0 Å². The largest absolute Gasteiger partial charge is 0.465 e. The van der Waals surface area contributed by atoms with Crippen LogP contribution >= 0.6 is 0 Å². The molecule has 2 aromatic carbocycles. The number of aromatic nitrogens is 1. The Morgan fingerprint density at radius 2 is 1.87 bits per heavy atom. The lowest BCUT2D eigenvalue weighted by molar-refractivity contribution is 0.0602. The lowest BCUT2D eigenvalue weighted by Gasteiger charge is -2.24. The van der Waals surface area contributed by atoms with E-state index in [0.29, 0.717) is 12.2 Å².